The molecule has 1 atom stereocenters. The lowest BCUT2D eigenvalue weighted by Gasteiger charge is -1.99. The Morgan fingerprint density at radius 1 is 1.60 bits per heavy atom. The van der Waals surface area contributed by atoms with Crippen LogP contribution < -0.4 is 5.44 Å². The first-order valence-corrected chi connectivity index (χ1v) is 3.96. The SMILES string of the molecule is CCc1ncnc(P)c1Cl. The maximum absolute atomic E-state index is 5.85. The predicted molar refractivity (Wildman–Crippen MR) is 45.8 cm³/mol. The second kappa shape index (κ2) is 3.27. The summed E-state index contributed by atoms with van der Waals surface area (Å²) in [5, 5.41) is 0.662. The van der Waals surface area contributed by atoms with Crippen LogP contribution in [0, 0.1) is 0 Å². The van der Waals surface area contributed by atoms with Gasteiger partial charge in [-0.15, -0.1) is 0 Å². The molecule has 0 spiro atoms. The van der Waals surface area contributed by atoms with Gasteiger partial charge in [0.15, 0.2) is 0 Å². The van der Waals surface area contributed by atoms with Gasteiger partial charge in [0.05, 0.1) is 16.2 Å². The van der Waals surface area contributed by atoms with E-state index in [1.165, 1.54) is 6.33 Å². The van der Waals surface area contributed by atoms with Crippen molar-refractivity contribution in [1.29, 1.82) is 0 Å². The van der Waals surface area contributed by atoms with Crippen molar-refractivity contribution in [2.75, 3.05) is 0 Å². The van der Waals surface area contributed by atoms with Gasteiger partial charge in [-0.2, -0.15) is 0 Å². The van der Waals surface area contributed by atoms with E-state index in [2.05, 4.69) is 19.2 Å². The zero-order valence-electron chi connectivity index (χ0n) is 5.63. The molecule has 4 heteroatoms. The molecule has 1 aromatic heterocycles. The highest BCUT2D eigenvalue weighted by Gasteiger charge is 2.01. The van der Waals surface area contributed by atoms with Crippen molar-refractivity contribution in [3.63, 3.8) is 0 Å². The van der Waals surface area contributed by atoms with E-state index in [9.17, 15) is 0 Å². The number of nitrogens with zero attached hydrogens (tertiary/aromatic N) is 2. The molecule has 0 amide bonds. The molecule has 2 nitrogen and oxygen atoms in total. The predicted octanol–water partition coefficient (Wildman–Crippen LogP) is 1.19. The minimum absolute atomic E-state index is 0.662. The molecule has 0 bridgehead atoms. The van der Waals surface area contributed by atoms with Crippen molar-refractivity contribution in [2.45, 2.75) is 13.3 Å². The monoisotopic (exact) mass is 174 g/mol. The molecule has 0 saturated heterocycles. The van der Waals surface area contributed by atoms with Crippen molar-refractivity contribution in [1.82, 2.24) is 9.97 Å². The molecule has 0 radical (unpaired) electrons. The Labute approximate surface area is 67.2 Å². The van der Waals surface area contributed by atoms with Gasteiger partial charge < -0.3 is 0 Å². The molecular formula is C6H8ClN2P. The zero-order chi connectivity index (χ0) is 7.56. The van der Waals surface area contributed by atoms with Gasteiger partial charge in [-0.25, -0.2) is 9.97 Å². The summed E-state index contributed by atoms with van der Waals surface area (Å²) in [5.41, 5.74) is 1.68. The first-order chi connectivity index (χ1) is 4.75. The molecule has 0 aliphatic rings. The van der Waals surface area contributed by atoms with Crippen LogP contribution in [-0.2, 0) is 6.42 Å². The summed E-state index contributed by atoms with van der Waals surface area (Å²) in [6, 6.07) is 0. The summed E-state index contributed by atoms with van der Waals surface area (Å²) in [6.45, 7) is 2.01. The maximum atomic E-state index is 5.85. The van der Waals surface area contributed by atoms with Crippen LogP contribution in [0.25, 0.3) is 0 Å². The molecule has 1 heterocycles. The Morgan fingerprint density at radius 2 is 2.30 bits per heavy atom. The minimum atomic E-state index is 0.662. The normalized spacial score (nSPS) is 9.90. The van der Waals surface area contributed by atoms with E-state index in [1.54, 1.807) is 0 Å². The second-order valence-corrected chi connectivity index (χ2v) is 2.80. The fraction of sp³-hybridized carbons (Fsp3) is 0.333. The molecule has 0 aromatic carbocycles. The quantitative estimate of drug-likeness (QED) is 0.598. The summed E-state index contributed by atoms with van der Waals surface area (Å²) in [7, 11) is 2.47. The smallest absolute Gasteiger partial charge is 0.116 e. The van der Waals surface area contributed by atoms with Crippen molar-refractivity contribution in [2.24, 2.45) is 0 Å². The largest absolute Gasteiger partial charge is 0.240 e. The van der Waals surface area contributed by atoms with Gasteiger partial charge in [-0.3, -0.25) is 0 Å². The summed E-state index contributed by atoms with van der Waals surface area (Å²) < 4.78 is 0. The fourth-order valence-corrected chi connectivity index (χ4v) is 1.13. The molecule has 0 aliphatic heterocycles. The number of hydrogen-bond donors (Lipinski definition) is 0. The van der Waals surface area contributed by atoms with Gasteiger partial charge in [-0.05, 0) is 6.42 Å². The summed E-state index contributed by atoms with van der Waals surface area (Å²) >= 11 is 5.85. The lowest BCUT2D eigenvalue weighted by molar-refractivity contribution is 1.01. The first-order valence-electron chi connectivity index (χ1n) is 3.00. The van der Waals surface area contributed by atoms with Crippen molar-refractivity contribution in [3.05, 3.63) is 17.0 Å². The summed E-state index contributed by atoms with van der Waals surface area (Å²) in [6.07, 6.45) is 2.37. The Balaban J connectivity index is 3.14. The van der Waals surface area contributed by atoms with E-state index >= 15 is 0 Å². The Kier molecular flexibility index (Phi) is 2.58. The Hall–Kier alpha value is -0.200. The van der Waals surface area contributed by atoms with Crippen LogP contribution in [0.3, 0.4) is 0 Å². The highest BCUT2D eigenvalue weighted by atomic mass is 35.5. The maximum Gasteiger partial charge on any atom is 0.116 e. The van der Waals surface area contributed by atoms with Crippen LogP contribution in [0.4, 0.5) is 0 Å². The molecule has 0 saturated carbocycles. The molecule has 0 fully saturated rings. The highest BCUT2D eigenvalue weighted by Crippen LogP contribution is 2.10. The van der Waals surface area contributed by atoms with Crippen LogP contribution in [0.2, 0.25) is 5.02 Å². The number of halogens is 1. The van der Waals surface area contributed by atoms with Crippen LogP contribution in [0.5, 0.6) is 0 Å². The molecular weight excluding hydrogens is 167 g/mol. The van der Waals surface area contributed by atoms with Crippen molar-refractivity contribution < 1.29 is 0 Å². The number of aryl methyl sites for hydroxylation is 1. The molecule has 0 aliphatic carbocycles. The Bertz CT molecular complexity index is 239. The van der Waals surface area contributed by atoms with E-state index in [0.29, 0.717) is 5.02 Å². The van der Waals surface area contributed by atoms with Gasteiger partial charge in [0, 0.05) is 0 Å². The molecule has 54 valence electrons. The molecule has 0 N–H and O–H groups in total. The van der Waals surface area contributed by atoms with E-state index in [-0.39, 0.29) is 0 Å². The van der Waals surface area contributed by atoms with Crippen molar-refractivity contribution >= 4 is 26.3 Å². The first kappa shape index (κ1) is 7.90. The van der Waals surface area contributed by atoms with E-state index in [1.807, 2.05) is 6.92 Å². The lowest BCUT2D eigenvalue weighted by Crippen LogP contribution is -2.04. The molecule has 1 unspecified atom stereocenters. The topological polar surface area (TPSA) is 25.8 Å². The van der Waals surface area contributed by atoms with E-state index < -0.39 is 0 Å². The van der Waals surface area contributed by atoms with E-state index in [0.717, 1.165) is 17.5 Å². The van der Waals surface area contributed by atoms with Gasteiger partial charge in [0.25, 0.3) is 0 Å². The van der Waals surface area contributed by atoms with Crippen LogP contribution in [0.1, 0.15) is 12.6 Å². The third-order valence-electron chi connectivity index (χ3n) is 1.22. The average Bonchev–Trinajstić information content (AvgIpc) is 1.95. The second-order valence-electron chi connectivity index (χ2n) is 1.87. The van der Waals surface area contributed by atoms with Crippen molar-refractivity contribution in [3.8, 4) is 0 Å². The van der Waals surface area contributed by atoms with Gasteiger partial charge >= 0.3 is 0 Å². The van der Waals surface area contributed by atoms with Gasteiger partial charge in [0.2, 0.25) is 0 Å². The third-order valence-corrected chi connectivity index (χ3v) is 2.26. The number of rotatable bonds is 1. The third kappa shape index (κ3) is 1.44. The highest BCUT2D eigenvalue weighted by molar-refractivity contribution is 7.27. The van der Waals surface area contributed by atoms with E-state index in [4.69, 9.17) is 11.6 Å². The standard InChI is InChI=1S/C6H8ClN2P/c1-2-4-5(7)6(10)9-3-8-4/h3H,2,10H2,1H3. The lowest BCUT2D eigenvalue weighted by atomic mass is 10.3. The minimum Gasteiger partial charge on any atom is -0.240 e. The number of aromatic nitrogens is 2. The van der Waals surface area contributed by atoms with Crippen LogP contribution in [0.15, 0.2) is 6.33 Å². The summed E-state index contributed by atoms with van der Waals surface area (Å²) in [5.74, 6) is 0. The summed E-state index contributed by atoms with van der Waals surface area (Å²) in [4.78, 5) is 7.91. The zero-order valence-corrected chi connectivity index (χ0v) is 7.54. The van der Waals surface area contributed by atoms with Crippen LogP contribution >= 0.6 is 20.8 Å². The van der Waals surface area contributed by atoms with Crippen LogP contribution in [-0.4, -0.2) is 9.97 Å². The molecule has 1 aromatic rings. The molecule has 10 heavy (non-hydrogen) atoms. The van der Waals surface area contributed by atoms with Gasteiger partial charge in [-0.1, -0.05) is 27.8 Å². The Morgan fingerprint density at radius 3 is 2.80 bits per heavy atom. The fourth-order valence-electron chi connectivity index (χ4n) is 0.668. The number of hydrogen-bond acceptors (Lipinski definition) is 2. The average molecular weight is 175 g/mol. The molecule has 1 rings (SSSR count). The van der Waals surface area contributed by atoms with Gasteiger partial charge in [0.1, 0.15) is 6.33 Å².